The van der Waals surface area contributed by atoms with E-state index in [0.717, 1.165) is 67.5 Å². The highest BCUT2D eigenvalue weighted by Gasteiger charge is 2.17. The molecule has 0 saturated carbocycles. The average molecular weight is 647 g/mol. The van der Waals surface area contributed by atoms with Gasteiger partial charge >= 0.3 is 0 Å². The summed E-state index contributed by atoms with van der Waals surface area (Å²) >= 11 is 0. The smallest absolute Gasteiger partial charge is 0.153 e. The third kappa shape index (κ3) is 5.55. The number of furan rings is 2. The maximum absolute atomic E-state index is 6.33. The Morgan fingerprint density at radius 2 is 0.680 bits per heavy atom. The fourth-order valence-corrected chi connectivity index (χ4v) is 6.36. The Kier molecular flexibility index (Phi) is 7.37. The molecular weight excluding hydrogens is 617 g/mol. The van der Waals surface area contributed by atoms with Crippen LogP contribution in [0.3, 0.4) is 0 Å². The molecule has 50 heavy (non-hydrogen) atoms. The van der Waals surface area contributed by atoms with Crippen molar-refractivity contribution in [3.8, 4) is 22.9 Å². The van der Waals surface area contributed by atoms with Crippen molar-refractivity contribution < 1.29 is 8.83 Å². The summed E-state index contributed by atoms with van der Waals surface area (Å²) in [6.07, 6.45) is 3.77. The summed E-state index contributed by atoms with van der Waals surface area (Å²) in [4.78, 5) is 14.0. The second kappa shape index (κ2) is 12.6. The first-order chi connectivity index (χ1) is 24.8. The summed E-state index contributed by atoms with van der Waals surface area (Å²) in [5.74, 6) is 1.40. The fraction of sp³-hybridized carbons (Fsp3) is 0. The Morgan fingerprint density at radius 1 is 0.340 bits per heavy atom. The van der Waals surface area contributed by atoms with E-state index in [1.54, 1.807) is 0 Å². The van der Waals surface area contributed by atoms with Crippen LogP contribution in [0.2, 0.25) is 0 Å². The minimum atomic E-state index is 0.698. The molecule has 0 aliphatic rings. The van der Waals surface area contributed by atoms with E-state index in [2.05, 4.69) is 70.5 Å². The topological polar surface area (TPSA) is 58.5 Å². The van der Waals surface area contributed by atoms with Gasteiger partial charge in [0.15, 0.2) is 11.5 Å². The van der Waals surface area contributed by atoms with Gasteiger partial charge in [0.2, 0.25) is 0 Å². The first kappa shape index (κ1) is 29.2. The molecule has 4 aromatic heterocycles. The molecule has 0 atom stereocenters. The van der Waals surface area contributed by atoms with Gasteiger partial charge in [-0.1, -0.05) is 72.8 Å². The molecule has 0 radical (unpaired) electrons. The van der Waals surface area contributed by atoms with E-state index in [0.29, 0.717) is 11.5 Å². The summed E-state index contributed by atoms with van der Waals surface area (Å²) in [6.45, 7) is 0. The third-order valence-corrected chi connectivity index (χ3v) is 8.73. The monoisotopic (exact) mass is 646 g/mol. The van der Waals surface area contributed by atoms with Crippen LogP contribution in [0.5, 0.6) is 0 Å². The van der Waals surface area contributed by atoms with E-state index in [-0.39, 0.29) is 0 Å². The Balaban J connectivity index is 0.991. The fourth-order valence-electron chi connectivity index (χ4n) is 6.36. The molecule has 0 aliphatic carbocycles. The number of rotatable bonds is 8. The van der Waals surface area contributed by atoms with Crippen LogP contribution < -0.4 is 9.80 Å². The molecule has 0 amide bonds. The largest absolute Gasteiger partial charge is 0.454 e. The molecule has 0 fully saturated rings. The maximum Gasteiger partial charge on any atom is 0.153 e. The van der Waals surface area contributed by atoms with E-state index < -0.39 is 0 Å². The van der Waals surface area contributed by atoms with Gasteiger partial charge in [-0.2, -0.15) is 0 Å². The number of pyridine rings is 2. The predicted molar refractivity (Wildman–Crippen MR) is 202 cm³/mol. The molecule has 0 saturated heterocycles. The lowest BCUT2D eigenvalue weighted by atomic mass is 10.1. The van der Waals surface area contributed by atoms with Crippen LogP contribution in [-0.2, 0) is 0 Å². The van der Waals surface area contributed by atoms with Crippen molar-refractivity contribution >= 4 is 56.1 Å². The number of nitrogens with zero attached hydrogens (tertiary/aromatic N) is 4. The lowest BCUT2D eigenvalue weighted by molar-refractivity contribution is 0.625. The summed E-state index contributed by atoms with van der Waals surface area (Å²) in [7, 11) is 0. The van der Waals surface area contributed by atoms with E-state index >= 15 is 0 Å². The molecule has 0 aliphatic heterocycles. The third-order valence-electron chi connectivity index (χ3n) is 8.73. The van der Waals surface area contributed by atoms with Gasteiger partial charge in [0, 0.05) is 33.5 Å². The van der Waals surface area contributed by atoms with Gasteiger partial charge in [-0.3, -0.25) is 9.97 Å². The summed E-state index contributed by atoms with van der Waals surface area (Å²) in [5, 5.41) is 1.89. The molecule has 0 bridgehead atoms. The molecule has 6 heteroatoms. The minimum absolute atomic E-state index is 0.698. The normalized spacial score (nSPS) is 11.2. The Bertz CT molecular complexity index is 2210. The highest BCUT2D eigenvalue weighted by atomic mass is 16.3. The zero-order chi connectivity index (χ0) is 33.3. The Hall–Kier alpha value is -6.92. The molecule has 9 aromatic rings. The van der Waals surface area contributed by atoms with Crippen molar-refractivity contribution in [3.05, 3.63) is 182 Å². The summed E-state index contributed by atoms with van der Waals surface area (Å²) in [5.41, 5.74) is 9.22. The number of hydrogen-bond acceptors (Lipinski definition) is 6. The number of hydrogen-bond donors (Lipinski definition) is 0. The second-order valence-corrected chi connectivity index (χ2v) is 12.0. The van der Waals surface area contributed by atoms with Crippen LogP contribution in [0.1, 0.15) is 0 Å². The minimum Gasteiger partial charge on any atom is -0.454 e. The van der Waals surface area contributed by atoms with Gasteiger partial charge in [0.05, 0.1) is 23.8 Å². The van der Waals surface area contributed by atoms with Crippen molar-refractivity contribution in [2.75, 3.05) is 9.80 Å². The number of anilines is 6. The van der Waals surface area contributed by atoms with E-state index in [1.807, 2.05) is 122 Å². The number of aromatic nitrogens is 2. The van der Waals surface area contributed by atoms with Crippen LogP contribution in [-0.4, -0.2) is 9.97 Å². The first-order valence-electron chi connectivity index (χ1n) is 16.5. The SMILES string of the molecule is c1ccc(N(c2ccccc2)c2ccc(-c3cc4cc5oc(-c6ccc(N(c7ccccc7)c7ccccc7)cn6)cc5cc4o3)nc2)cc1. The molecule has 0 spiro atoms. The lowest BCUT2D eigenvalue weighted by Gasteiger charge is -2.25. The predicted octanol–water partition coefficient (Wildman–Crippen LogP) is 12.2. The molecule has 238 valence electrons. The van der Waals surface area contributed by atoms with E-state index in [1.165, 1.54) is 0 Å². The van der Waals surface area contributed by atoms with Crippen LogP contribution >= 0.6 is 0 Å². The lowest BCUT2D eigenvalue weighted by Crippen LogP contribution is -2.09. The summed E-state index contributed by atoms with van der Waals surface area (Å²) < 4.78 is 12.7. The van der Waals surface area contributed by atoms with Crippen molar-refractivity contribution in [1.29, 1.82) is 0 Å². The highest BCUT2D eigenvalue weighted by molar-refractivity contribution is 5.96. The van der Waals surface area contributed by atoms with Crippen molar-refractivity contribution in [3.63, 3.8) is 0 Å². The second-order valence-electron chi connectivity index (χ2n) is 12.0. The highest BCUT2D eigenvalue weighted by Crippen LogP contribution is 2.38. The van der Waals surface area contributed by atoms with Gasteiger partial charge in [-0.05, 0) is 97.1 Å². The molecule has 0 N–H and O–H groups in total. The molecule has 5 aromatic carbocycles. The van der Waals surface area contributed by atoms with Gasteiger partial charge in [-0.25, -0.2) is 0 Å². The number of benzene rings is 5. The zero-order valence-corrected chi connectivity index (χ0v) is 26.9. The van der Waals surface area contributed by atoms with Crippen LogP contribution in [0, 0.1) is 0 Å². The van der Waals surface area contributed by atoms with E-state index in [4.69, 9.17) is 18.8 Å². The molecule has 4 heterocycles. The quantitative estimate of drug-likeness (QED) is 0.164. The average Bonchev–Trinajstić information content (AvgIpc) is 3.80. The van der Waals surface area contributed by atoms with Gasteiger partial charge in [-0.15, -0.1) is 0 Å². The first-order valence-corrected chi connectivity index (χ1v) is 16.5. The maximum atomic E-state index is 6.33. The van der Waals surface area contributed by atoms with Crippen molar-refractivity contribution in [2.24, 2.45) is 0 Å². The molecule has 6 nitrogen and oxygen atoms in total. The van der Waals surface area contributed by atoms with Crippen molar-refractivity contribution in [2.45, 2.75) is 0 Å². The standard InChI is InChI=1S/C44H30N4O2/c1-5-13-33(14-6-1)47(34-15-7-2-8-16-34)37-21-23-39(45-29-37)43-27-31-25-42-32(26-41(31)49-43)28-44(50-42)40-24-22-38(30-46-40)48(35-17-9-3-10-18-35)36-19-11-4-12-20-36/h1-30H. The summed E-state index contributed by atoms with van der Waals surface area (Å²) in [6, 6.07) is 57.4. The molecule has 9 rings (SSSR count). The zero-order valence-electron chi connectivity index (χ0n) is 26.9. The van der Waals surface area contributed by atoms with Gasteiger partial charge < -0.3 is 18.6 Å². The van der Waals surface area contributed by atoms with Gasteiger partial charge in [0.1, 0.15) is 22.6 Å². The molecule has 0 unspecified atom stereocenters. The van der Waals surface area contributed by atoms with Crippen LogP contribution in [0.25, 0.3) is 44.8 Å². The van der Waals surface area contributed by atoms with Crippen molar-refractivity contribution in [1.82, 2.24) is 9.97 Å². The van der Waals surface area contributed by atoms with E-state index in [9.17, 15) is 0 Å². The molecular formula is C44H30N4O2. The van der Waals surface area contributed by atoms with Gasteiger partial charge in [0.25, 0.3) is 0 Å². The van der Waals surface area contributed by atoms with Crippen LogP contribution in [0.15, 0.2) is 191 Å². The number of fused-ring (bicyclic) bond motifs is 2. The number of para-hydroxylation sites is 4. The van der Waals surface area contributed by atoms with Crippen LogP contribution in [0.4, 0.5) is 34.1 Å². The Morgan fingerprint density at radius 3 is 0.980 bits per heavy atom. The Labute approximate surface area is 289 Å².